The number of aryl methyl sites for hydroxylation is 2. The molecule has 0 bridgehead atoms. The third-order valence-corrected chi connectivity index (χ3v) is 10.6. The zero-order valence-corrected chi connectivity index (χ0v) is 26.3. The van der Waals surface area contributed by atoms with Gasteiger partial charge in [0.15, 0.2) is 6.20 Å². The van der Waals surface area contributed by atoms with E-state index in [1.54, 1.807) is 0 Å². The SMILES string of the molecule is Cc1c2c(c(CC(C)(C)C)c3ccc(C(C)C)cc13)Oc1cc3cc([Si](C)(C)C)ccc3c3cc[n+](C)c-2c13. The van der Waals surface area contributed by atoms with Crippen LogP contribution in [0.1, 0.15) is 57.2 Å². The second-order valence-corrected chi connectivity index (χ2v) is 19.3. The van der Waals surface area contributed by atoms with E-state index in [4.69, 9.17) is 4.74 Å². The molecule has 0 fully saturated rings. The van der Waals surface area contributed by atoms with Gasteiger partial charge in [-0.25, -0.2) is 4.57 Å². The fourth-order valence-electron chi connectivity index (χ4n) is 6.40. The lowest BCUT2D eigenvalue weighted by Gasteiger charge is -2.28. The number of rotatable bonds is 3. The van der Waals surface area contributed by atoms with Crippen LogP contribution >= 0.6 is 0 Å². The highest BCUT2D eigenvalue weighted by Gasteiger charge is 2.34. The van der Waals surface area contributed by atoms with E-state index in [2.05, 4.69) is 128 Å². The van der Waals surface area contributed by atoms with Gasteiger partial charge in [-0.05, 0) is 63.4 Å². The van der Waals surface area contributed by atoms with Crippen LogP contribution < -0.4 is 14.5 Å². The van der Waals surface area contributed by atoms with Crippen molar-refractivity contribution in [2.24, 2.45) is 12.5 Å². The van der Waals surface area contributed by atoms with Crippen LogP contribution in [0, 0.1) is 12.3 Å². The predicted octanol–water partition coefficient (Wildman–Crippen LogP) is 9.31. The maximum Gasteiger partial charge on any atom is 0.228 e. The fraction of sp³-hybridized carbons (Fsp3) is 0.361. The van der Waals surface area contributed by atoms with Crippen LogP contribution in [0.5, 0.6) is 11.5 Å². The lowest BCUT2D eigenvalue weighted by molar-refractivity contribution is -0.659. The van der Waals surface area contributed by atoms with E-state index in [9.17, 15) is 0 Å². The van der Waals surface area contributed by atoms with E-state index in [1.165, 1.54) is 65.5 Å². The van der Waals surface area contributed by atoms with Crippen molar-refractivity contribution in [1.29, 1.82) is 0 Å². The molecule has 6 rings (SSSR count). The summed E-state index contributed by atoms with van der Waals surface area (Å²) in [6, 6.07) is 18.8. The summed E-state index contributed by atoms with van der Waals surface area (Å²) in [7, 11) is 0.744. The Hall–Kier alpha value is -3.17. The summed E-state index contributed by atoms with van der Waals surface area (Å²) in [5.41, 5.74) is 6.66. The van der Waals surface area contributed by atoms with E-state index >= 15 is 0 Å². The third-order valence-electron chi connectivity index (χ3n) is 8.54. The van der Waals surface area contributed by atoms with E-state index in [0.717, 1.165) is 17.9 Å². The Morgan fingerprint density at radius 2 is 1.59 bits per heavy atom. The summed E-state index contributed by atoms with van der Waals surface area (Å²) in [6.07, 6.45) is 3.19. The first-order chi connectivity index (χ1) is 18.2. The van der Waals surface area contributed by atoms with Gasteiger partial charge in [0.1, 0.15) is 18.5 Å². The summed E-state index contributed by atoms with van der Waals surface area (Å²) >= 11 is 0. The number of aromatic nitrogens is 1. The molecule has 2 nitrogen and oxygen atoms in total. The number of pyridine rings is 1. The van der Waals surface area contributed by atoms with Crippen molar-refractivity contribution in [2.45, 2.75) is 73.5 Å². The van der Waals surface area contributed by atoms with Crippen molar-refractivity contribution < 1.29 is 9.30 Å². The normalized spacial score (nSPS) is 13.4. The molecular formula is C36H42NOSi+. The number of benzene rings is 4. The first-order valence-corrected chi connectivity index (χ1v) is 17.9. The number of hydrogen-bond acceptors (Lipinski definition) is 1. The largest absolute Gasteiger partial charge is 0.455 e. The molecule has 39 heavy (non-hydrogen) atoms. The summed E-state index contributed by atoms with van der Waals surface area (Å²) in [4.78, 5) is 0. The Balaban J connectivity index is 1.76. The van der Waals surface area contributed by atoms with Gasteiger partial charge in [-0.1, -0.05) is 95.8 Å². The van der Waals surface area contributed by atoms with Crippen molar-refractivity contribution >= 4 is 45.6 Å². The third kappa shape index (κ3) is 4.17. The van der Waals surface area contributed by atoms with E-state index in [1.807, 2.05) is 0 Å². The van der Waals surface area contributed by atoms with Gasteiger partial charge >= 0.3 is 0 Å². The summed E-state index contributed by atoms with van der Waals surface area (Å²) in [5.74, 6) is 2.51. The molecule has 0 radical (unpaired) electrons. The average Bonchev–Trinajstić information content (AvgIpc) is 2.85. The lowest BCUT2D eigenvalue weighted by atomic mass is 9.81. The van der Waals surface area contributed by atoms with Crippen LogP contribution in [0.25, 0.3) is 43.6 Å². The summed E-state index contributed by atoms with van der Waals surface area (Å²) in [6.45, 7) is 21.1. The Morgan fingerprint density at radius 3 is 2.26 bits per heavy atom. The molecule has 4 aromatic carbocycles. The molecule has 0 atom stereocenters. The van der Waals surface area contributed by atoms with E-state index in [-0.39, 0.29) is 5.41 Å². The molecule has 2 heterocycles. The quantitative estimate of drug-likeness (QED) is 0.126. The molecule has 1 aliphatic rings. The van der Waals surface area contributed by atoms with E-state index in [0.29, 0.717) is 5.92 Å². The first-order valence-electron chi connectivity index (χ1n) is 14.4. The minimum atomic E-state index is -1.44. The second-order valence-electron chi connectivity index (χ2n) is 14.2. The van der Waals surface area contributed by atoms with Crippen molar-refractivity contribution in [3.63, 3.8) is 0 Å². The highest BCUT2D eigenvalue weighted by atomic mass is 28.3. The molecule has 0 saturated heterocycles. The highest BCUT2D eigenvalue weighted by molar-refractivity contribution is 6.88. The lowest BCUT2D eigenvalue weighted by Crippen LogP contribution is -2.37. The molecule has 1 aliphatic heterocycles. The topological polar surface area (TPSA) is 13.1 Å². The molecule has 0 aliphatic carbocycles. The van der Waals surface area contributed by atoms with Gasteiger partial charge in [-0.2, -0.15) is 0 Å². The molecule has 0 unspecified atom stereocenters. The Labute approximate surface area is 234 Å². The van der Waals surface area contributed by atoms with Crippen LogP contribution in [0.3, 0.4) is 0 Å². The fourth-order valence-corrected chi connectivity index (χ4v) is 7.57. The molecule has 5 aromatic rings. The van der Waals surface area contributed by atoms with Crippen LogP contribution in [-0.2, 0) is 13.5 Å². The van der Waals surface area contributed by atoms with Gasteiger partial charge < -0.3 is 4.74 Å². The zero-order valence-electron chi connectivity index (χ0n) is 25.3. The molecular weight excluding hydrogens is 490 g/mol. The van der Waals surface area contributed by atoms with Gasteiger partial charge in [-0.15, -0.1) is 0 Å². The van der Waals surface area contributed by atoms with Crippen molar-refractivity contribution in [2.75, 3.05) is 0 Å². The van der Waals surface area contributed by atoms with Crippen LogP contribution in [-0.4, -0.2) is 8.07 Å². The molecule has 0 amide bonds. The van der Waals surface area contributed by atoms with Gasteiger partial charge in [0, 0.05) is 17.0 Å². The maximum atomic E-state index is 7.08. The minimum Gasteiger partial charge on any atom is -0.455 e. The van der Waals surface area contributed by atoms with Crippen molar-refractivity contribution in [3.8, 4) is 22.8 Å². The molecule has 1 aromatic heterocycles. The number of nitrogens with zero attached hydrogens (tertiary/aromatic N) is 1. The van der Waals surface area contributed by atoms with Crippen molar-refractivity contribution in [1.82, 2.24) is 0 Å². The molecule has 0 spiro atoms. The van der Waals surface area contributed by atoms with Gasteiger partial charge in [0.25, 0.3) is 0 Å². The monoisotopic (exact) mass is 532 g/mol. The first kappa shape index (κ1) is 26.1. The Morgan fingerprint density at radius 1 is 0.872 bits per heavy atom. The number of ether oxygens (including phenoxy) is 1. The minimum absolute atomic E-state index is 0.125. The molecule has 200 valence electrons. The second kappa shape index (κ2) is 8.66. The average molecular weight is 533 g/mol. The number of hydrogen-bond donors (Lipinski definition) is 0. The Bertz CT molecular complexity index is 1820. The van der Waals surface area contributed by atoms with Crippen molar-refractivity contribution in [3.05, 3.63) is 71.4 Å². The summed E-state index contributed by atoms with van der Waals surface area (Å²) in [5, 5.41) is 9.24. The zero-order chi connectivity index (χ0) is 28.0. The van der Waals surface area contributed by atoms with Gasteiger partial charge in [0.2, 0.25) is 5.69 Å². The van der Waals surface area contributed by atoms with Gasteiger partial charge in [-0.3, -0.25) is 0 Å². The van der Waals surface area contributed by atoms with Crippen LogP contribution in [0.15, 0.2) is 54.7 Å². The standard InChI is InChI=1S/C36H42NOSi/c1-21(2)23-11-13-27-29(18-23)22(3)32-34-33-28(15-16-37(34)7)26-14-12-25(39(8,9)10)17-24(26)19-31(33)38-35(32)30(27)20-36(4,5)6/h11-19,21H,20H2,1-10H3/q+1. The molecule has 0 N–H and O–H groups in total. The summed E-state index contributed by atoms with van der Waals surface area (Å²) < 4.78 is 9.39. The van der Waals surface area contributed by atoms with Gasteiger partial charge in [0.05, 0.1) is 19.0 Å². The van der Waals surface area contributed by atoms with E-state index < -0.39 is 8.07 Å². The maximum absolute atomic E-state index is 7.08. The smallest absolute Gasteiger partial charge is 0.228 e. The molecule has 3 heteroatoms. The number of fused-ring (bicyclic) bond motifs is 5. The highest BCUT2D eigenvalue weighted by Crippen LogP contribution is 2.52. The molecule has 0 saturated carbocycles. The predicted molar refractivity (Wildman–Crippen MR) is 171 cm³/mol. The van der Waals surface area contributed by atoms with Crippen LogP contribution in [0.4, 0.5) is 0 Å². The van der Waals surface area contributed by atoms with Crippen LogP contribution in [0.2, 0.25) is 19.6 Å². The Kier molecular flexibility index (Phi) is 5.79.